The van der Waals surface area contributed by atoms with Gasteiger partial charge < -0.3 is 74.4 Å². The molecule has 9 N–H and O–H groups in total. The van der Waals surface area contributed by atoms with Crippen molar-refractivity contribution in [3.63, 3.8) is 0 Å². The molecule has 0 radical (unpaired) electrons. The topological polar surface area (TPSA) is 245 Å². The van der Waals surface area contributed by atoms with Gasteiger partial charge in [0.25, 0.3) is 0 Å². The van der Waals surface area contributed by atoms with E-state index in [1.54, 1.807) is 0 Å². The average Bonchev–Trinajstić information content (AvgIpc) is 2.81. The highest BCUT2D eigenvalue weighted by molar-refractivity contribution is 5.11. The van der Waals surface area contributed by atoms with Crippen LogP contribution in [0.5, 0.6) is 0 Å². The van der Waals surface area contributed by atoms with Crippen LogP contribution in [0.25, 0.3) is 0 Å². The van der Waals surface area contributed by atoms with Gasteiger partial charge in [0.2, 0.25) is 0 Å². The van der Waals surface area contributed by atoms with Gasteiger partial charge in [-0.2, -0.15) is 0 Å². The number of rotatable bonds is 5. The molecule has 0 aromatic heterocycles. The second-order valence-corrected chi connectivity index (χ2v) is 7.87. The van der Waals surface area contributed by atoms with Gasteiger partial charge >= 0.3 is 0 Å². The first-order valence-corrected chi connectivity index (χ1v) is 10.1. The minimum Gasteiger partial charge on any atom is -0.394 e. The van der Waals surface area contributed by atoms with E-state index in [9.17, 15) is 46.0 Å². The summed E-state index contributed by atoms with van der Waals surface area (Å²) in [5, 5.41) is 89.4. The highest BCUT2D eigenvalue weighted by atomic mass is 16.8. The lowest BCUT2D eigenvalue weighted by atomic mass is 9.97. The molecule has 194 valence electrons. The van der Waals surface area contributed by atoms with Gasteiger partial charge in [-0.05, 0) is 6.92 Å². The van der Waals surface area contributed by atoms with Gasteiger partial charge in [-0.25, -0.2) is 0 Å². The van der Waals surface area contributed by atoms with Crippen molar-refractivity contribution in [3.05, 3.63) is 0 Å². The van der Waals surface area contributed by atoms with Crippen LogP contribution in [0.4, 0.5) is 0 Å². The smallest absolute Gasteiger partial charge is 0.187 e. The molecule has 3 aliphatic heterocycles. The van der Waals surface area contributed by atoms with Gasteiger partial charge in [-0.1, -0.05) is 0 Å². The van der Waals surface area contributed by atoms with Crippen molar-refractivity contribution in [1.82, 2.24) is 0 Å². The van der Waals surface area contributed by atoms with E-state index in [0.717, 1.165) is 0 Å². The van der Waals surface area contributed by atoms with Crippen LogP contribution in [0.2, 0.25) is 0 Å². The van der Waals surface area contributed by atoms with E-state index in [1.807, 2.05) is 6.79 Å². The summed E-state index contributed by atoms with van der Waals surface area (Å²) in [7, 11) is 0. The molecule has 15 heteroatoms. The van der Waals surface area contributed by atoms with E-state index in [4.69, 9.17) is 28.5 Å². The Bertz CT molecular complexity index is 597. The summed E-state index contributed by atoms with van der Waals surface area (Å²) in [5.74, 6) is 0. The lowest BCUT2D eigenvalue weighted by molar-refractivity contribution is -0.379. The molecule has 15 nitrogen and oxygen atoms in total. The highest BCUT2D eigenvalue weighted by Gasteiger charge is 2.52. The van der Waals surface area contributed by atoms with E-state index < -0.39 is 92.6 Å². The molecule has 0 bridgehead atoms. The lowest BCUT2D eigenvalue weighted by Gasteiger charge is -2.47. The number of aliphatic hydroxyl groups excluding tert-OH is 9. The van der Waals surface area contributed by atoms with Crippen molar-refractivity contribution in [2.75, 3.05) is 13.2 Å². The van der Waals surface area contributed by atoms with Crippen molar-refractivity contribution in [1.29, 1.82) is 0 Å². The standard InChI is InChI=1S/C17H30O14.CH2O/c1-4-7(19)10(22)13(25)16(28-4)31-14-11(23)8(20)5(2-18)29-17(14)30-6-3-27-15(26)12(24)9(6)21;1-2/h4-26H,2-3H2,1H3;1H2/t4?,5?,6-,7+,8+,9?,10+,11?,12+,13?,14+,15?,16+,17+;/m1./s1. The fraction of sp³-hybridized carbons (Fsp3) is 0.944. The fourth-order valence-corrected chi connectivity index (χ4v) is 3.66. The van der Waals surface area contributed by atoms with Crippen molar-refractivity contribution in [2.45, 2.75) is 92.9 Å². The summed E-state index contributed by atoms with van der Waals surface area (Å²) in [6, 6.07) is 0. The highest BCUT2D eigenvalue weighted by Crippen LogP contribution is 2.31. The summed E-state index contributed by atoms with van der Waals surface area (Å²) >= 11 is 0. The fourth-order valence-electron chi connectivity index (χ4n) is 3.66. The zero-order chi connectivity index (χ0) is 25.0. The van der Waals surface area contributed by atoms with Crippen LogP contribution in [0, 0.1) is 0 Å². The Hall–Kier alpha value is -0.890. The predicted octanol–water partition coefficient (Wildman–Crippen LogP) is -6.09. The summed E-state index contributed by atoms with van der Waals surface area (Å²) in [6.45, 7) is 2.33. The Morgan fingerprint density at radius 3 is 2.00 bits per heavy atom. The van der Waals surface area contributed by atoms with Crippen LogP contribution in [0.15, 0.2) is 0 Å². The Kier molecular flexibility index (Phi) is 10.5. The zero-order valence-corrected chi connectivity index (χ0v) is 17.7. The molecule has 0 amide bonds. The number of hydrogen-bond donors (Lipinski definition) is 9. The van der Waals surface area contributed by atoms with E-state index in [1.165, 1.54) is 6.92 Å². The molecule has 0 saturated carbocycles. The third kappa shape index (κ3) is 6.03. The zero-order valence-electron chi connectivity index (χ0n) is 17.7. The van der Waals surface area contributed by atoms with Crippen LogP contribution < -0.4 is 0 Å². The van der Waals surface area contributed by atoms with Gasteiger partial charge in [-0.3, -0.25) is 0 Å². The first-order valence-electron chi connectivity index (χ1n) is 10.1. The molecule has 0 aromatic carbocycles. The van der Waals surface area contributed by atoms with E-state index in [-0.39, 0.29) is 6.61 Å². The molecular formula is C18H32O15. The Morgan fingerprint density at radius 2 is 1.39 bits per heavy atom. The molecule has 3 fully saturated rings. The van der Waals surface area contributed by atoms with Crippen LogP contribution in [0.3, 0.4) is 0 Å². The van der Waals surface area contributed by atoms with Gasteiger partial charge in [0.05, 0.1) is 19.3 Å². The van der Waals surface area contributed by atoms with Gasteiger partial charge in [0.15, 0.2) is 18.9 Å². The monoisotopic (exact) mass is 488 g/mol. The van der Waals surface area contributed by atoms with Gasteiger partial charge in [0, 0.05) is 0 Å². The van der Waals surface area contributed by atoms with Gasteiger partial charge in [-0.15, -0.1) is 0 Å². The molecule has 3 heterocycles. The molecule has 14 atom stereocenters. The Labute approximate surface area is 188 Å². The van der Waals surface area contributed by atoms with Crippen LogP contribution in [0.1, 0.15) is 6.92 Å². The van der Waals surface area contributed by atoms with Crippen LogP contribution >= 0.6 is 0 Å². The quantitative estimate of drug-likeness (QED) is 0.175. The van der Waals surface area contributed by atoms with Crippen LogP contribution in [-0.4, -0.2) is 152 Å². The average molecular weight is 488 g/mol. The summed E-state index contributed by atoms with van der Waals surface area (Å²) in [6.07, 6.45) is -21.3. The normalized spacial score (nSPS) is 50.8. The molecule has 0 aromatic rings. The minimum atomic E-state index is -1.73. The van der Waals surface area contributed by atoms with Crippen molar-refractivity contribution in [3.8, 4) is 0 Å². The SMILES string of the molecule is C=O.CC1O[C@@H](O[C@H]2C(O)[C@@H](O)C(CO)O[C@H]2O[C@@H]2COC(O)[C@@H](O)C2O)C(O)[C@@H](O)[C@H]1O. The maximum Gasteiger partial charge on any atom is 0.187 e. The second kappa shape index (κ2) is 12.2. The molecule has 0 aliphatic carbocycles. The molecular weight excluding hydrogens is 456 g/mol. The van der Waals surface area contributed by atoms with E-state index >= 15 is 0 Å². The third-order valence-electron chi connectivity index (χ3n) is 5.69. The molecule has 3 rings (SSSR count). The third-order valence-corrected chi connectivity index (χ3v) is 5.69. The van der Waals surface area contributed by atoms with Crippen molar-refractivity contribution >= 4 is 6.79 Å². The molecule has 3 saturated heterocycles. The first-order chi connectivity index (χ1) is 15.6. The predicted molar refractivity (Wildman–Crippen MR) is 101 cm³/mol. The number of carbonyl (C=O) groups excluding carboxylic acids is 1. The summed E-state index contributed by atoms with van der Waals surface area (Å²) in [5.41, 5.74) is 0. The summed E-state index contributed by atoms with van der Waals surface area (Å²) < 4.78 is 26.7. The second-order valence-electron chi connectivity index (χ2n) is 7.87. The minimum absolute atomic E-state index is 0.376. The van der Waals surface area contributed by atoms with E-state index in [0.29, 0.717) is 0 Å². The Morgan fingerprint density at radius 1 is 0.758 bits per heavy atom. The maximum atomic E-state index is 10.5. The number of hydrogen-bond acceptors (Lipinski definition) is 15. The van der Waals surface area contributed by atoms with Crippen molar-refractivity contribution in [2.24, 2.45) is 0 Å². The molecule has 0 spiro atoms. The Balaban J connectivity index is 0.00000187. The molecule has 6 unspecified atom stereocenters. The molecule has 33 heavy (non-hydrogen) atoms. The largest absolute Gasteiger partial charge is 0.394 e. The lowest BCUT2D eigenvalue weighted by Crippen LogP contribution is -2.65. The molecule has 3 aliphatic rings. The number of ether oxygens (including phenoxy) is 5. The maximum absolute atomic E-state index is 10.5. The van der Waals surface area contributed by atoms with Gasteiger partial charge in [0.1, 0.15) is 67.8 Å². The number of carbonyl (C=O) groups is 1. The summed E-state index contributed by atoms with van der Waals surface area (Å²) in [4.78, 5) is 8.00. The first kappa shape index (κ1) is 28.3. The number of aliphatic hydroxyl groups is 9. The van der Waals surface area contributed by atoms with E-state index in [2.05, 4.69) is 0 Å². The van der Waals surface area contributed by atoms with Crippen molar-refractivity contribution < 1.29 is 74.4 Å². The van der Waals surface area contributed by atoms with Crippen LogP contribution in [-0.2, 0) is 28.5 Å².